The number of ether oxygens (including phenoxy) is 1. The maximum Gasteiger partial charge on any atom is 0.260 e. The van der Waals surface area contributed by atoms with Crippen molar-refractivity contribution in [3.63, 3.8) is 0 Å². The largest absolute Gasteiger partial charge is 0.481 e. The smallest absolute Gasteiger partial charge is 0.260 e. The number of hydrogen-bond donors (Lipinski definition) is 2. The van der Waals surface area contributed by atoms with Gasteiger partial charge in [-0.25, -0.2) is 13.8 Å². The van der Waals surface area contributed by atoms with Crippen LogP contribution in [0.5, 0.6) is 5.88 Å². The van der Waals surface area contributed by atoms with Gasteiger partial charge < -0.3 is 10.5 Å². The van der Waals surface area contributed by atoms with Crippen molar-refractivity contribution >= 4 is 17.5 Å². The monoisotopic (exact) mass is 294 g/mol. The Morgan fingerprint density at radius 3 is 2.57 bits per heavy atom. The lowest BCUT2D eigenvalue weighted by molar-refractivity contribution is 0.102. The molecule has 0 atom stereocenters. The summed E-state index contributed by atoms with van der Waals surface area (Å²) in [6.07, 6.45) is 0. The summed E-state index contributed by atoms with van der Waals surface area (Å²) in [6.45, 7) is 1.69. The second-order valence-electron chi connectivity index (χ2n) is 4.18. The van der Waals surface area contributed by atoms with Gasteiger partial charge in [-0.05, 0) is 13.0 Å². The number of benzene rings is 1. The molecule has 6 nitrogen and oxygen atoms in total. The molecule has 110 valence electrons. The second kappa shape index (κ2) is 5.70. The predicted molar refractivity (Wildman–Crippen MR) is 72.0 cm³/mol. The van der Waals surface area contributed by atoms with Crippen molar-refractivity contribution in [1.29, 1.82) is 0 Å². The van der Waals surface area contributed by atoms with Gasteiger partial charge in [0, 0.05) is 23.5 Å². The van der Waals surface area contributed by atoms with E-state index in [9.17, 15) is 13.6 Å². The molecule has 21 heavy (non-hydrogen) atoms. The molecule has 1 amide bonds. The van der Waals surface area contributed by atoms with Gasteiger partial charge in [0.2, 0.25) is 11.8 Å². The Morgan fingerprint density at radius 2 is 1.90 bits per heavy atom. The fourth-order valence-corrected chi connectivity index (χ4v) is 1.63. The SMILES string of the molecule is COc1cc(C)nc(NC(=O)c2cc(F)c(F)cc2N)n1. The van der Waals surface area contributed by atoms with Gasteiger partial charge in [-0.2, -0.15) is 4.98 Å². The molecule has 3 N–H and O–H groups in total. The second-order valence-corrected chi connectivity index (χ2v) is 4.18. The highest BCUT2D eigenvalue weighted by atomic mass is 19.2. The Kier molecular flexibility index (Phi) is 3.97. The molecule has 0 unspecified atom stereocenters. The summed E-state index contributed by atoms with van der Waals surface area (Å²) < 4.78 is 31.1. The Morgan fingerprint density at radius 1 is 1.24 bits per heavy atom. The molecular weight excluding hydrogens is 282 g/mol. The summed E-state index contributed by atoms with van der Waals surface area (Å²) in [5.74, 6) is -2.81. The number of nitrogens with two attached hydrogens (primary N) is 1. The zero-order valence-electron chi connectivity index (χ0n) is 11.3. The van der Waals surface area contributed by atoms with E-state index >= 15 is 0 Å². The molecule has 0 saturated carbocycles. The van der Waals surface area contributed by atoms with E-state index in [-0.39, 0.29) is 23.1 Å². The van der Waals surface area contributed by atoms with Gasteiger partial charge >= 0.3 is 0 Å². The van der Waals surface area contributed by atoms with E-state index in [2.05, 4.69) is 15.3 Å². The lowest BCUT2D eigenvalue weighted by atomic mass is 10.1. The first-order valence-corrected chi connectivity index (χ1v) is 5.86. The Hall–Kier alpha value is -2.77. The van der Waals surface area contributed by atoms with Crippen LogP contribution >= 0.6 is 0 Å². The van der Waals surface area contributed by atoms with Crippen molar-refractivity contribution < 1.29 is 18.3 Å². The Bertz CT molecular complexity index is 707. The van der Waals surface area contributed by atoms with Crippen LogP contribution in [0.15, 0.2) is 18.2 Å². The average molecular weight is 294 g/mol. The minimum absolute atomic E-state index is 0.0269. The van der Waals surface area contributed by atoms with Crippen LogP contribution in [0.2, 0.25) is 0 Å². The first kappa shape index (κ1) is 14.6. The number of halogens is 2. The van der Waals surface area contributed by atoms with Gasteiger partial charge in [-0.3, -0.25) is 10.1 Å². The molecule has 0 spiro atoms. The van der Waals surface area contributed by atoms with Crippen LogP contribution in [-0.2, 0) is 0 Å². The van der Waals surface area contributed by atoms with Crippen LogP contribution in [0.3, 0.4) is 0 Å². The summed E-state index contributed by atoms with van der Waals surface area (Å²) in [6, 6.07) is 3.02. The van der Waals surface area contributed by atoms with E-state index < -0.39 is 17.5 Å². The van der Waals surface area contributed by atoms with E-state index in [4.69, 9.17) is 10.5 Å². The molecule has 0 aliphatic heterocycles. The molecule has 2 rings (SSSR count). The normalized spacial score (nSPS) is 10.3. The third kappa shape index (κ3) is 3.22. The van der Waals surface area contributed by atoms with Crippen LogP contribution in [0.4, 0.5) is 20.4 Å². The van der Waals surface area contributed by atoms with Crippen LogP contribution in [0, 0.1) is 18.6 Å². The molecule has 0 fully saturated rings. The highest BCUT2D eigenvalue weighted by Gasteiger charge is 2.16. The molecule has 0 aliphatic carbocycles. The van der Waals surface area contributed by atoms with Gasteiger partial charge in [0.05, 0.1) is 12.7 Å². The summed E-state index contributed by atoms with van der Waals surface area (Å²) in [5.41, 5.74) is 5.66. The summed E-state index contributed by atoms with van der Waals surface area (Å²) in [4.78, 5) is 19.9. The standard InChI is InChI=1S/C13H12F2N4O2/c1-6-3-11(21-2)18-13(17-6)19-12(20)7-4-8(14)9(15)5-10(7)16/h3-5H,16H2,1-2H3,(H,17,18,19,20). The van der Waals surface area contributed by atoms with Crippen molar-refractivity contribution in [1.82, 2.24) is 9.97 Å². The number of carbonyl (C=O) groups excluding carboxylic acids is 1. The molecule has 1 aromatic carbocycles. The van der Waals surface area contributed by atoms with E-state index in [1.165, 1.54) is 7.11 Å². The van der Waals surface area contributed by atoms with Crippen LogP contribution in [0.25, 0.3) is 0 Å². The van der Waals surface area contributed by atoms with Crippen LogP contribution < -0.4 is 15.8 Å². The fourth-order valence-electron chi connectivity index (χ4n) is 1.63. The van der Waals surface area contributed by atoms with Gasteiger partial charge in [0.15, 0.2) is 11.6 Å². The maximum atomic E-state index is 13.2. The molecule has 0 bridgehead atoms. The number of nitrogens with one attached hydrogen (secondary N) is 1. The molecule has 0 saturated heterocycles. The van der Waals surface area contributed by atoms with E-state index in [0.717, 1.165) is 6.07 Å². The molecule has 0 radical (unpaired) electrons. The number of anilines is 2. The topological polar surface area (TPSA) is 90.1 Å². The van der Waals surface area contributed by atoms with Gasteiger partial charge in [-0.1, -0.05) is 0 Å². The number of methoxy groups -OCH3 is 1. The number of aryl methyl sites for hydroxylation is 1. The predicted octanol–water partition coefficient (Wildman–Crippen LogP) is 1.91. The summed E-state index contributed by atoms with van der Waals surface area (Å²) in [5, 5.41) is 2.35. The molecule has 2 aromatic rings. The van der Waals surface area contributed by atoms with E-state index in [1.807, 2.05) is 0 Å². The van der Waals surface area contributed by atoms with Gasteiger partial charge in [0.25, 0.3) is 5.91 Å². The number of carbonyl (C=O) groups is 1. The quantitative estimate of drug-likeness (QED) is 0.844. The number of rotatable bonds is 3. The Balaban J connectivity index is 2.30. The zero-order chi connectivity index (χ0) is 15.6. The average Bonchev–Trinajstić information content (AvgIpc) is 2.42. The first-order valence-electron chi connectivity index (χ1n) is 5.86. The van der Waals surface area contributed by atoms with Crippen LogP contribution in [0.1, 0.15) is 16.1 Å². The number of nitrogen functional groups attached to an aromatic ring is 1. The van der Waals surface area contributed by atoms with Crippen molar-refractivity contribution in [2.24, 2.45) is 0 Å². The third-order valence-electron chi connectivity index (χ3n) is 2.60. The molecule has 1 heterocycles. The van der Waals surface area contributed by atoms with Crippen molar-refractivity contribution in [3.8, 4) is 5.88 Å². The lowest BCUT2D eigenvalue weighted by Crippen LogP contribution is -2.17. The highest BCUT2D eigenvalue weighted by Crippen LogP contribution is 2.19. The number of aromatic nitrogens is 2. The molecule has 0 aliphatic rings. The van der Waals surface area contributed by atoms with Gasteiger partial charge in [0.1, 0.15) is 0 Å². The summed E-state index contributed by atoms with van der Waals surface area (Å²) in [7, 11) is 1.42. The van der Waals surface area contributed by atoms with Gasteiger partial charge in [-0.15, -0.1) is 0 Å². The zero-order valence-corrected chi connectivity index (χ0v) is 11.3. The number of amides is 1. The minimum Gasteiger partial charge on any atom is -0.481 e. The minimum atomic E-state index is -1.17. The molecule has 1 aromatic heterocycles. The maximum absolute atomic E-state index is 13.2. The molecular formula is C13H12F2N4O2. The summed E-state index contributed by atoms with van der Waals surface area (Å²) >= 11 is 0. The van der Waals surface area contributed by atoms with Crippen molar-refractivity contribution in [3.05, 3.63) is 41.1 Å². The third-order valence-corrected chi connectivity index (χ3v) is 2.60. The Labute approximate surface area is 119 Å². The van der Waals surface area contributed by atoms with Crippen molar-refractivity contribution in [2.75, 3.05) is 18.2 Å². The number of hydrogen-bond acceptors (Lipinski definition) is 5. The number of nitrogens with zero attached hydrogens (tertiary/aromatic N) is 2. The van der Waals surface area contributed by atoms with E-state index in [1.54, 1.807) is 13.0 Å². The fraction of sp³-hybridized carbons (Fsp3) is 0.154. The highest BCUT2D eigenvalue weighted by molar-refractivity contribution is 6.06. The van der Waals surface area contributed by atoms with E-state index in [0.29, 0.717) is 11.8 Å². The first-order chi connectivity index (χ1) is 9.90. The van der Waals surface area contributed by atoms with Crippen molar-refractivity contribution in [2.45, 2.75) is 6.92 Å². The van der Waals surface area contributed by atoms with Crippen LogP contribution in [-0.4, -0.2) is 23.0 Å². The molecule has 8 heteroatoms. The lowest BCUT2D eigenvalue weighted by Gasteiger charge is -2.08.